The molecule has 0 N–H and O–H groups in total. The van der Waals surface area contributed by atoms with Crippen LogP contribution in [0.25, 0.3) is 0 Å². The Labute approximate surface area is 133 Å². The Bertz CT molecular complexity index is 505. The number of hydrogen-bond donors (Lipinski definition) is 0. The Morgan fingerprint density at radius 3 is 1.77 bits per heavy atom. The topological polar surface area (TPSA) is 3.24 Å². The molecule has 1 nitrogen and oxygen atoms in total. The van der Waals surface area contributed by atoms with Crippen LogP contribution in [0.1, 0.15) is 37.3 Å². The summed E-state index contributed by atoms with van der Waals surface area (Å²) in [5.41, 5.74) is 1.49. The molecule has 22 heavy (non-hydrogen) atoms. The zero-order chi connectivity index (χ0) is 16.0. The Kier molecular flexibility index (Phi) is 5.73. The van der Waals surface area contributed by atoms with E-state index in [9.17, 15) is 4.39 Å². The molecule has 0 radical (unpaired) electrons. The minimum absolute atomic E-state index is 0.354. The molecule has 0 saturated carbocycles. The maximum absolute atomic E-state index is 13.8. The van der Waals surface area contributed by atoms with Crippen LogP contribution in [-0.4, -0.2) is 30.7 Å². The van der Waals surface area contributed by atoms with E-state index in [1.165, 1.54) is 11.1 Å². The first-order chi connectivity index (χ1) is 10.5. The summed E-state index contributed by atoms with van der Waals surface area (Å²) in [6.45, 7) is 4.61. The number of rotatable bonds is 7. The summed E-state index contributed by atoms with van der Waals surface area (Å²) in [7, 11) is 1.99. The van der Waals surface area contributed by atoms with Crippen molar-refractivity contribution in [2.45, 2.75) is 31.9 Å². The minimum atomic E-state index is -1.15. The fraction of sp³-hybridized carbons (Fsp3) is 0.400. The highest BCUT2D eigenvalue weighted by atomic mass is 19.1. The summed E-state index contributed by atoms with van der Waals surface area (Å²) in [4.78, 5) is 2.08. The van der Waals surface area contributed by atoms with E-state index >= 15 is 0 Å². The average molecular weight is 299 g/mol. The molecule has 0 amide bonds. The molecule has 2 aromatic carbocycles. The predicted molar refractivity (Wildman–Crippen MR) is 92.0 cm³/mol. The van der Waals surface area contributed by atoms with Crippen molar-refractivity contribution >= 4 is 0 Å². The third kappa shape index (κ3) is 5.27. The van der Waals surface area contributed by atoms with E-state index in [0.717, 1.165) is 13.0 Å². The van der Waals surface area contributed by atoms with Crippen LogP contribution in [0.3, 0.4) is 0 Å². The van der Waals surface area contributed by atoms with Crippen LogP contribution < -0.4 is 0 Å². The van der Waals surface area contributed by atoms with Crippen LogP contribution >= 0.6 is 0 Å². The van der Waals surface area contributed by atoms with Crippen molar-refractivity contribution in [2.75, 3.05) is 20.1 Å². The lowest BCUT2D eigenvalue weighted by atomic mass is 9.88. The molecule has 0 fully saturated rings. The molecule has 0 heterocycles. The van der Waals surface area contributed by atoms with E-state index < -0.39 is 5.67 Å². The number of hydrogen-bond acceptors (Lipinski definition) is 1. The van der Waals surface area contributed by atoms with Crippen LogP contribution in [-0.2, 0) is 0 Å². The van der Waals surface area contributed by atoms with Gasteiger partial charge in [-0.25, -0.2) is 4.39 Å². The van der Waals surface area contributed by atoms with Crippen molar-refractivity contribution in [2.24, 2.45) is 0 Å². The zero-order valence-electron chi connectivity index (χ0n) is 13.8. The fourth-order valence-corrected chi connectivity index (χ4v) is 2.97. The summed E-state index contributed by atoms with van der Waals surface area (Å²) in [6, 6.07) is 21.1. The Hall–Kier alpha value is -1.67. The van der Waals surface area contributed by atoms with Crippen molar-refractivity contribution in [3.05, 3.63) is 71.8 Å². The predicted octanol–water partition coefficient (Wildman–Crippen LogP) is 4.89. The van der Waals surface area contributed by atoms with E-state index in [1.54, 1.807) is 13.8 Å². The molecule has 2 rings (SSSR count). The lowest BCUT2D eigenvalue weighted by molar-refractivity contribution is 0.142. The molecular weight excluding hydrogens is 273 g/mol. The van der Waals surface area contributed by atoms with Gasteiger partial charge in [-0.05, 0) is 45.0 Å². The number of benzene rings is 2. The molecule has 0 bridgehead atoms. The number of alkyl halides is 1. The van der Waals surface area contributed by atoms with Gasteiger partial charge in [0.05, 0.1) is 0 Å². The van der Waals surface area contributed by atoms with Crippen molar-refractivity contribution in [3.8, 4) is 0 Å². The second-order valence-electron chi connectivity index (χ2n) is 6.62. The fourth-order valence-electron chi connectivity index (χ4n) is 2.97. The van der Waals surface area contributed by atoms with Gasteiger partial charge in [-0.3, -0.25) is 0 Å². The number of nitrogens with zero attached hydrogens (tertiary/aromatic N) is 1. The molecule has 0 spiro atoms. The maximum Gasteiger partial charge on any atom is 0.118 e. The molecule has 0 unspecified atom stereocenters. The molecule has 0 atom stereocenters. The van der Waals surface area contributed by atoms with Crippen LogP contribution in [0.5, 0.6) is 0 Å². The molecule has 0 aliphatic rings. The highest BCUT2D eigenvalue weighted by Crippen LogP contribution is 2.28. The van der Waals surface area contributed by atoms with Crippen LogP contribution in [0.15, 0.2) is 60.7 Å². The minimum Gasteiger partial charge on any atom is -0.303 e. The maximum atomic E-state index is 13.8. The first-order valence-electron chi connectivity index (χ1n) is 7.93. The van der Waals surface area contributed by atoms with Crippen molar-refractivity contribution < 1.29 is 4.39 Å². The molecule has 0 saturated heterocycles. The molecule has 2 aromatic rings. The third-order valence-corrected chi connectivity index (χ3v) is 3.85. The smallest absolute Gasteiger partial charge is 0.118 e. The first kappa shape index (κ1) is 16.7. The standard InChI is InChI=1S/C20H26FN/c1-20(2,21)16-22(3)15-14-19(17-10-6-4-7-11-17)18-12-8-5-9-13-18/h4-13,19H,14-16H2,1-3H3. The monoisotopic (exact) mass is 299 g/mol. The summed E-state index contributed by atoms with van der Waals surface area (Å²) in [5, 5.41) is 0. The van der Waals surface area contributed by atoms with Crippen molar-refractivity contribution in [1.82, 2.24) is 4.90 Å². The van der Waals surface area contributed by atoms with E-state index in [2.05, 4.69) is 53.4 Å². The highest BCUT2D eigenvalue weighted by Gasteiger charge is 2.20. The van der Waals surface area contributed by atoms with Gasteiger partial charge in [0.25, 0.3) is 0 Å². The van der Waals surface area contributed by atoms with Crippen LogP contribution in [0.4, 0.5) is 4.39 Å². The van der Waals surface area contributed by atoms with Gasteiger partial charge in [-0.2, -0.15) is 0 Å². The van der Waals surface area contributed by atoms with Gasteiger partial charge >= 0.3 is 0 Å². The van der Waals surface area contributed by atoms with E-state index in [0.29, 0.717) is 12.5 Å². The van der Waals surface area contributed by atoms with Gasteiger partial charge in [0, 0.05) is 12.5 Å². The zero-order valence-corrected chi connectivity index (χ0v) is 13.8. The highest BCUT2D eigenvalue weighted by molar-refractivity contribution is 5.32. The van der Waals surface area contributed by atoms with E-state index in [4.69, 9.17) is 0 Å². The Morgan fingerprint density at radius 2 is 1.36 bits per heavy atom. The van der Waals surface area contributed by atoms with E-state index in [1.807, 2.05) is 19.2 Å². The SMILES string of the molecule is CN(CCC(c1ccccc1)c1ccccc1)CC(C)(C)F. The Morgan fingerprint density at radius 1 is 0.909 bits per heavy atom. The molecule has 0 aliphatic carbocycles. The van der Waals surface area contributed by atoms with Crippen molar-refractivity contribution in [3.63, 3.8) is 0 Å². The summed E-state index contributed by atoms with van der Waals surface area (Å²) in [6.07, 6.45) is 0.987. The van der Waals surface area contributed by atoms with Gasteiger partial charge in [0.1, 0.15) is 5.67 Å². The molecular formula is C20H26FN. The second-order valence-corrected chi connectivity index (χ2v) is 6.62. The summed E-state index contributed by atoms with van der Waals surface area (Å²) < 4.78 is 13.8. The van der Waals surface area contributed by atoms with Crippen LogP contribution in [0.2, 0.25) is 0 Å². The molecule has 0 aromatic heterocycles. The summed E-state index contributed by atoms with van der Waals surface area (Å²) >= 11 is 0. The van der Waals surface area contributed by atoms with Crippen molar-refractivity contribution in [1.29, 1.82) is 0 Å². The van der Waals surface area contributed by atoms with Gasteiger partial charge in [0.2, 0.25) is 0 Å². The van der Waals surface area contributed by atoms with E-state index in [-0.39, 0.29) is 0 Å². The largest absolute Gasteiger partial charge is 0.303 e. The van der Waals surface area contributed by atoms with Crippen LogP contribution in [0, 0.1) is 0 Å². The van der Waals surface area contributed by atoms with Gasteiger partial charge in [-0.1, -0.05) is 60.7 Å². The first-order valence-corrected chi connectivity index (χ1v) is 7.93. The number of halogens is 1. The van der Waals surface area contributed by atoms with Gasteiger partial charge in [-0.15, -0.1) is 0 Å². The normalized spacial score (nSPS) is 12.1. The Balaban J connectivity index is 2.10. The second kappa shape index (κ2) is 7.55. The lowest BCUT2D eigenvalue weighted by Crippen LogP contribution is -2.34. The quantitative estimate of drug-likeness (QED) is 0.703. The molecule has 2 heteroatoms. The molecule has 118 valence electrons. The summed E-state index contributed by atoms with van der Waals surface area (Å²) in [5.74, 6) is 0.354. The lowest BCUT2D eigenvalue weighted by Gasteiger charge is -2.26. The van der Waals surface area contributed by atoms with Gasteiger partial charge < -0.3 is 4.90 Å². The van der Waals surface area contributed by atoms with Gasteiger partial charge in [0.15, 0.2) is 0 Å². The third-order valence-electron chi connectivity index (χ3n) is 3.85. The molecule has 0 aliphatic heterocycles. The average Bonchev–Trinajstić information content (AvgIpc) is 2.48.